The molecule has 39 heavy (non-hydrogen) atoms. The predicted octanol–water partition coefficient (Wildman–Crippen LogP) is 3.89. The van der Waals surface area contributed by atoms with Crippen LogP contribution in [0.15, 0.2) is 28.6 Å². The molecule has 0 radical (unpaired) electrons. The zero-order valence-electron chi connectivity index (χ0n) is 23.5. The molecule has 9 nitrogen and oxygen atoms in total. The highest BCUT2D eigenvalue weighted by molar-refractivity contribution is 7.92. The molecule has 0 aromatic heterocycles. The standard InChI is InChI=1S/C28H44N4O5S2/c1-4-5-6-7-8-9-10-11-26-29-27(34)28(30-26)15-17-31(18-16-28)38(35)21-14-24-12-13-25(22-23(24)2)32(19-20-33)39(3,36)37/h12-14,21-22,33H,4-11,15-20H2,1-3H3,(H,29,30,34)/b21-14+. The van der Waals surface area contributed by atoms with E-state index in [2.05, 4.69) is 12.2 Å². The third kappa shape index (κ3) is 8.70. The summed E-state index contributed by atoms with van der Waals surface area (Å²) in [7, 11) is -4.87. The van der Waals surface area contributed by atoms with E-state index in [0.717, 1.165) is 46.8 Å². The van der Waals surface area contributed by atoms with Crippen LogP contribution in [0.5, 0.6) is 0 Å². The first-order chi connectivity index (χ1) is 18.6. The Kier molecular flexibility index (Phi) is 11.7. The number of carbonyl (C=O) groups is 1. The fourth-order valence-electron chi connectivity index (χ4n) is 5.12. The summed E-state index contributed by atoms with van der Waals surface area (Å²) in [6.07, 6.45) is 13.3. The Labute approximate surface area is 236 Å². The highest BCUT2D eigenvalue weighted by Gasteiger charge is 2.46. The second kappa shape index (κ2) is 14.5. The average Bonchev–Trinajstić information content (AvgIpc) is 3.19. The molecule has 11 heteroatoms. The van der Waals surface area contributed by atoms with Crippen LogP contribution in [-0.2, 0) is 25.8 Å². The van der Waals surface area contributed by atoms with E-state index in [9.17, 15) is 22.5 Å². The number of amides is 1. The van der Waals surface area contributed by atoms with Gasteiger partial charge in [-0.05, 0) is 55.5 Å². The summed E-state index contributed by atoms with van der Waals surface area (Å²) in [4.78, 5) is 17.6. The molecule has 0 bridgehead atoms. The molecular formula is C28H44N4O5S2. The predicted molar refractivity (Wildman–Crippen MR) is 159 cm³/mol. The van der Waals surface area contributed by atoms with Crippen LogP contribution in [0.25, 0.3) is 6.08 Å². The number of aliphatic hydroxyl groups is 1. The zero-order valence-corrected chi connectivity index (χ0v) is 25.2. The number of aliphatic hydroxyl groups excluding tert-OH is 1. The molecule has 2 heterocycles. The van der Waals surface area contributed by atoms with Crippen LogP contribution in [0.4, 0.5) is 5.69 Å². The van der Waals surface area contributed by atoms with Gasteiger partial charge in [0.15, 0.2) is 0 Å². The van der Waals surface area contributed by atoms with Crippen LogP contribution in [0.3, 0.4) is 0 Å². The molecule has 1 amide bonds. The molecule has 1 unspecified atom stereocenters. The molecule has 0 saturated carbocycles. The number of sulfonamides is 1. The van der Waals surface area contributed by atoms with E-state index in [-0.39, 0.29) is 19.1 Å². The number of benzene rings is 1. The number of unbranched alkanes of at least 4 members (excludes halogenated alkanes) is 6. The van der Waals surface area contributed by atoms with E-state index in [1.807, 2.05) is 11.2 Å². The molecule has 1 aromatic rings. The van der Waals surface area contributed by atoms with Crippen molar-refractivity contribution in [1.82, 2.24) is 9.62 Å². The van der Waals surface area contributed by atoms with Crippen molar-refractivity contribution in [3.05, 3.63) is 34.7 Å². The minimum absolute atomic E-state index is 0.0172. The van der Waals surface area contributed by atoms with Gasteiger partial charge in [-0.3, -0.25) is 14.1 Å². The van der Waals surface area contributed by atoms with Crippen molar-refractivity contribution in [2.24, 2.45) is 4.99 Å². The Morgan fingerprint density at radius 3 is 2.44 bits per heavy atom. The quantitative estimate of drug-likeness (QED) is 0.305. The Hall–Kier alpha value is -2.08. The number of hydrogen-bond acceptors (Lipinski definition) is 6. The number of hydrogen-bond donors (Lipinski definition) is 2. The van der Waals surface area contributed by atoms with Gasteiger partial charge in [0.2, 0.25) is 10.0 Å². The van der Waals surface area contributed by atoms with E-state index in [4.69, 9.17) is 4.99 Å². The Morgan fingerprint density at radius 2 is 1.82 bits per heavy atom. The number of aliphatic imine (C=N–C) groups is 1. The molecule has 1 aromatic carbocycles. The number of anilines is 1. The monoisotopic (exact) mass is 580 g/mol. The number of piperidine rings is 1. The Balaban J connectivity index is 1.52. The normalized spacial score (nSPS) is 18.5. The van der Waals surface area contributed by atoms with Crippen molar-refractivity contribution in [2.75, 3.05) is 36.8 Å². The minimum atomic E-state index is -3.52. The maximum atomic E-state index is 13.0. The summed E-state index contributed by atoms with van der Waals surface area (Å²) < 4.78 is 40.1. The SMILES string of the molecule is CCCCCCCCCC1=NC2(CCN(S(=O)/C=C/c3ccc(N(CCO)S(C)(=O)=O)cc3C)CC2)C(=O)N1. The molecule has 218 valence electrons. The van der Waals surface area contributed by atoms with E-state index >= 15 is 0 Å². The van der Waals surface area contributed by atoms with Crippen LogP contribution in [0.2, 0.25) is 0 Å². The fourth-order valence-corrected chi connectivity index (χ4v) is 7.01. The zero-order chi connectivity index (χ0) is 28.5. The summed E-state index contributed by atoms with van der Waals surface area (Å²) in [5.74, 6) is 0.775. The molecule has 2 N–H and O–H groups in total. The van der Waals surface area contributed by atoms with Gasteiger partial charge in [-0.1, -0.05) is 51.5 Å². The average molecular weight is 581 g/mol. The summed E-state index contributed by atoms with van der Waals surface area (Å²) in [5.41, 5.74) is 1.40. The first-order valence-corrected chi connectivity index (χ1v) is 17.0. The molecular weight excluding hydrogens is 536 g/mol. The Bertz CT molecular complexity index is 1170. The van der Waals surface area contributed by atoms with Gasteiger partial charge in [0.05, 0.1) is 25.1 Å². The van der Waals surface area contributed by atoms with Crippen molar-refractivity contribution in [1.29, 1.82) is 0 Å². The molecule has 1 spiro atoms. The highest BCUT2D eigenvalue weighted by atomic mass is 32.2. The van der Waals surface area contributed by atoms with Crippen molar-refractivity contribution in [3.63, 3.8) is 0 Å². The third-order valence-corrected chi connectivity index (χ3v) is 9.90. The van der Waals surface area contributed by atoms with Gasteiger partial charge in [-0.15, -0.1) is 0 Å². The number of rotatable bonds is 15. The summed E-state index contributed by atoms with van der Waals surface area (Å²) in [5, 5.41) is 13.9. The van der Waals surface area contributed by atoms with Gasteiger partial charge < -0.3 is 10.4 Å². The smallest absolute Gasteiger partial charge is 0.253 e. The largest absolute Gasteiger partial charge is 0.394 e. The van der Waals surface area contributed by atoms with Crippen LogP contribution < -0.4 is 9.62 Å². The maximum Gasteiger partial charge on any atom is 0.253 e. The van der Waals surface area contributed by atoms with Crippen LogP contribution in [0.1, 0.15) is 82.3 Å². The van der Waals surface area contributed by atoms with Crippen molar-refractivity contribution in [2.45, 2.75) is 83.6 Å². The van der Waals surface area contributed by atoms with Gasteiger partial charge in [-0.2, -0.15) is 0 Å². The molecule has 2 aliphatic heterocycles. The van der Waals surface area contributed by atoms with Crippen LogP contribution in [-0.4, -0.2) is 71.8 Å². The summed E-state index contributed by atoms with van der Waals surface area (Å²) in [6, 6.07) is 5.20. The summed E-state index contributed by atoms with van der Waals surface area (Å²) >= 11 is 0. The van der Waals surface area contributed by atoms with Gasteiger partial charge in [0, 0.05) is 24.9 Å². The number of aryl methyl sites for hydroxylation is 1. The number of amidine groups is 1. The van der Waals surface area contributed by atoms with E-state index < -0.39 is 26.5 Å². The third-order valence-electron chi connectivity index (χ3n) is 7.46. The van der Waals surface area contributed by atoms with Gasteiger partial charge >= 0.3 is 0 Å². The number of nitrogens with one attached hydrogen (secondary N) is 1. The van der Waals surface area contributed by atoms with Gasteiger partial charge in [0.1, 0.15) is 22.4 Å². The Morgan fingerprint density at radius 1 is 1.15 bits per heavy atom. The highest BCUT2D eigenvalue weighted by Crippen LogP contribution is 2.31. The van der Waals surface area contributed by atoms with E-state index in [0.29, 0.717) is 31.6 Å². The van der Waals surface area contributed by atoms with Gasteiger partial charge in [0.25, 0.3) is 5.91 Å². The molecule has 0 aliphatic carbocycles. The second-order valence-corrected chi connectivity index (χ2v) is 13.8. The first kappa shape index (κ1) is 31.4. The van der Waals surface area contributed by atoms with Crippen molar-refractivity contribution in [3.8, 4) is 0 Å². The topological polar surface area (TPSA) is 119 Å². The van der Waals surface area contributed by atoms with E-state index in [1.165, 1.54) is 32.1 Å². The van der Waals surface area contributed by atoms with Gasteiger partial charge in [-0.25, -0.2) is 16.9 Å². The lowest BCUT2D eigenvalue weighted by atomic mass is 9.89. The lowest BCUT2D eigenvalue weighted by molar-refractivity contribution is -0.124. The van der Waals surface area contributed by atoms with Crippen LogP contribution in [0, 0.1) is 6.92 Å². The van der Waals surface area contributed by atoms with Crippen molar-refractivity contribution >= 4 is 44.5 Å². The molecule has 2 aliphatic rings. The van der Waals surface area contributed by atoms with Crippen LogP contribution >= 0.6 is 0 Å². The molecule has 3 rings (SSSR count). The summed E-state index contributed by atoms with van der Waals surface area (Å²) in [6.45, 7) is 4.81. The lowest BCUT2D eigenvalue weighted by Gasteiger charge is -2.33. The second-order valence-electron chi connectivity index (χ2n) is 10.5. The molecule has 1 saturated heterocycles. The first-order valence-electron chi connectivity index (χ1n) is 14.0. The molecule has 1 atom stereocenters. The van der Waals surface area contributed by atoms with Crippen molar-refractivity contribution < 1.29 is 22.5 Å². The number of nitrogens with zero attached hydrogens (tertiary/aromatic N) is 3. The maximum absolute atomic E-state index is 13.0. The molecule has 1 fully saturated rings. The minimum Gasteiger partial charge on any atom is -0.394 e. The van der Waals surface area contributed by atoms with E-state index in [1.54, 1.807) is 29.7 Å². The number of carbonyl (C=O) groups excluding carboxylic acids is 1. The lowest BCUT2D eigenvalue weighted by Crippen LogP contribution is -2.49. The fraction of sp³-hybridized carbons (Fsp3) is 0.643.